The number of halogens is 2. The third kappa shape index (κ3) is 2.95. The molecule has 2 aromatic rings. The number of aromatic nitrogens is 1. The van der Waals surface area contributed by atoms with Crippen LogP contribution in [0.4, 0.5) is 0 Å². The van der Waals surface area contributed by atoms with E-state index in [1.54, 1.807) is 12.3 Å². The Labute approximate surface area is 117 Å². The van der Waals surface area contributed by atoms with Crippen molar-refractivity contribution < 1.29 is 4.74 Å². The van der Waals surface area contributed by atoms with E-state index in [1.807, 2.05) is 25.1 Å². The summed E-state index contributed by atoms with van der Waals surface area (Å²) in [5.74, 6) is 1.51. The molecule has 0 atom stereocenters. The second kappa shape index (κ2) is 5.59. The molecule has 0 spiro atoms. The van der Waals surface area contributed by atoms with Crippen LogP contribution in [0.2, 0.25) is 5.02 Å². The molecular formula is C14H13Cl2NO. The van der Waals surface area contributed by atoms with E-state index >= 15 is 0 Å². The van der Waals surface area contributed by atoms with Gasteiger partial charge in [0.25, 0.3) is 0 Å². The molecule has 18 heavy (non-hydrogen) atoms. The molecule has 0 amide bonds. The van der Waals surface area contributed by atoms with Crippen LogP contribution in [0.15, 0.2) is 30.5 Å². The molecule has 0 unspecified atom stereocenters. The lowest BCUT2D eigenvalue weighted by Crippen LogP contribution is -1.92. The number of benzene rings is 1. The molecule has 0 aliphatic rings. The lowest BCUT2D eigenvalue weighted by molar-refractivity contribution is 0.462. The van der Waals surface area contributed by atoms with Gasteiger partial charge in [-0.15, -0.1) is 11.6 Å². The van der Waals surface area contributed by atoms with Gasteiger partial charge in [-0.3, -0.25) is 0 Å². The molecule has 0 N–H and O–H groups in total. The SMILES string of the molecule is Cc1ccc(Oc2ncc(CCl)cc2Cl)cc1C. The monoisotopic (exact) mass is 281 g/mol. The molecular weight excluding hydrogens is 269 g/mol. The summed E-state index contributed by atoms with van der Waals surface area (Å²) < 4.78 is 5.66. The molecule has 2 rings (SSSR count). The number of hydrogen-bond acceptors (Lipinski definition) is 2. The van der Waals surface area contributed by atoms with Gasteiger partial charge in [-0.1, -0.05) is 17.7 Å². The summed E-state index contributed by atoms with van der Waals surface area (Å²) in [5, 5.41) is 0.464. The highest BCUT2D eigenvalue weighted by Crippen LogP contribution is 2.28. The molecule has 1 aromatic carbocycles. The van der Waals surface area contributed by atoms with Crippen LogP contribution in [0.3, 0.4) is 0 Å². The van der Waals surface area contributed by atoms with Gasteiger partial charge in [0.2, 0.25) is 5.88 Å². The Morgan fingerprint density at radius 3 is 2.56 bits per heavy atom. The zero-order chi connectivity index (χ0) is 13.1. The maximum Gasteiger partial charge on any atom is 0.238 e. The summed E-state index contributed by atoms with van der Waals surface area (Å²) in [6.45, 7) is 4.09. The van der Waals surface area contributed by atoms with Crippen LogP contribution in [0.5, 0.6) is 11.6 Å². The van der Waals surface area contributed by atoms with Crippen molar-refractivity contribution in [1.29, 1.82) is 0 Å². The molecule has 1 aromatic heterocycles. The summed E-state index contributed by atoms with van der Waals surface area (Å²) in [4.78, 5) is 4.16. The van der Waals surface area contributed by atoms with Crippen molar-refractivity contribution in [3.05, 3.63) is 52.2 Å². The molecule has 0 saturated carbocycles. The first-order chi connectivity index (χ1) is 8.60. The van der Waals surface area contributed by atoms with Crippen LogP contribution in [0.1, 0.15) is 16.7 Å². The third-order valence-corrected chi connectivity index (χ3v) is 3.29. The second-order valence-corrected chi connectivity index (χ2v) is 4.79. The fraction of sp³-hybridized carbons (Fsp3) is 0.214. The Morgan fingerprint density at radius 1 is 1.17 bits per heavy atom. The maximum absolute atomic E-state index is 6.08. The Bertz CT molecular complexity index is 570. The highest BCUT2D eigenvalue weighted by atomic mass is 35.5. The number of alkyl halides is 1. The number of pyridine rings is 1. The van der Waals surface area contributed by atoms with E-state index in [9.17, 15) is 0 Å². The maximum atomic E-state index is 6.08. The van der Waals surface area contributed by atoms with Crippen LogP contribution in [0.25, 0.3) is 0 Å². The van der Waals surface area contributed by atoms with Crippen LogP contribution >= 0.6 is 23.2 Å². The van der Waals surface area contributed by atoms with Gasteiger partial charge in [-0.25, -0.2) is 4.98 Å². The van der Waals surface area contributed by atoms with Gasteiger partial charge in [-0.2, -0.15) is 0 Å². The van der Waals surface area contributed by atoms with Crippen molar-refractivity contribution in [2.45, 2.75) is 19.7 Å². The molecule has 0 radical (unpaired) electrons. The number of rotatable bonds is 3. The van der Waals surface area contributed by atoms with Gasteiger partial charge in [0.05, 0.1) is 0 Å². The summed E-state index contributed by atoms with van der Waals surface area (Å²) in [6, 6.07) is 7.63. The highest BCUT2D eigenvalue weighted by Gasteiger charge is 2.06. The predicted molar refractivity (Wildman–Crippen MR) is 74.8 cm³/mol. The van der Waals surface area contributed by atoms with Gasteiger partial charge in [0.15, 0.2) is 0 Å². The van der Waals surface area contributed by atoms with Gasteiger partial charge >= 0.3 is 0 Å². The van der Waals surface area contributed by atoms with Crippen molar-refractivity contribution in [3.63, 3.8) is 0 Å². The van der Waals surface area contributed by atoms with Crippen molar-refractivity contribution in [2.24, 2.45) is 0 Å². The van der Waals surface area contributed by atoms with E-state index in [0.29, 0.717) is 16.8 Å². The largest absolute Gasteiger partial charge is 0.438 e. The van der Waals surface area contributed by atoms with E-state index in [0.717, 1.165) is 11.3 Å². The van der Waals surface area contributed by atoms with E-state index in [4.69, 9.17) is 27.9 Å². The van der Waals surface area contributed by atoms with E-state index in [-0.39, 0.29) is 0 Å². The Kier molecular flexibility index (Phi) is 4.10. The van der Waals surface area contributed by atoms with Crippen LogP contribution in [-0.4, -0.2) is 4.98 Å². The number of hydrogen-bond donors (Lipinski definition) is 0. The normalized spacial score (nSPS) is 10.4. The lowest BCUT2D eigenvalue weighted by atomic mass is 10.1. The Morgan fingerprint density at radius 2 is 1.94 bits per heavy atom. The predicted octanol–water partition coefficient (Wildman–Crippen LogP) is 4.88. The quantitative estimate of drug-likeness (QED) is 0.748. The van der Waals surface area contributed by atoms with E-state index in [2.05, 4.69) is 11.9 Å². The highest BCUT2D eigenvalue weighted by molar-refractivity contribution is 6.32. The summed E-state index contributed by atoms with van der Waals surface area (Å²) in [6.07, 6.45) is 1.66. The number of nitrogens with zero attached hydrogens (tertiary/aromatic N) is 1. The van der Waals surface area contributed by atoms with Gasteiger partial charge < -0.3 is 4.74 Å². The minimum atomic E-state index is 0.386. The van der Waals surface area contributed by atoms with Crippen molar-refractivity contribution in [2.75, 3.05) is 0 Å². The van der Waals surface area contributed by atoms with Crippen molar-refractivity contribution in [1.82, 2.24) is 4.98 Å². The summed E-state index contributed by atoms with van der Waals surface area (Å²) >= 11 is 11.8. The second-order valence-electron chi connectivity index (χ2n) is 4.11. The summed E-state index contributed by atoms with van der Waals surface area (Å²) in [5.41, 5.74) is 3.26. The van der Waals surface area contributed by atoms with Gasteiger partial charge in [0.1, 0.15) is 10.8 Å². The smallest absolute Gasteiger partial charge is 0.238 e. The number of ether oxygens (including phenoxy) is 1. The zero-order valence-corrected chi connectivity index (χ0v) is 11.7. The molecule has 0 bridgehead atoms. The average Bonchev–Trinajstić information content (AvgIpc) is 2.36. The topological polar surface area (TPSA) is 22.1 Å². The fourth-order valence-electron chi connectivity index (χ4n) is 1.50. The first kappa shape index (κ1) is 13.2. The average molecular weight is 282 g/mol. The zero-order valence-electron chi connectivity index (χ0n) is 10.2. The van der Waals surface area contributed by atoms with Crippen LogP contribution in [0, 0.1) is 13.8 Å². The molecule has 1 heterocycles. The van der Waals surface area contributed by atoms with Gasteiger partial charge in [-0.05, 0) is 48.7 Å². The van der Waals surface area contributed by atoms with Crippen LogP contribution < -0.4 is 4.74 Å². The Balaban J connectivity index is 2.25. The van der Waals surface area contributed by atoms with Gasteiger partial charge in [0, 0.05) is 12.1 Å². The molecule has 4 heteroatoms. The first-order valence-electron chi connectivity index (χ1n) is 5.55. The van der Waals surface area contributed by atoms with Crippen molar-refractivity contribution in [3.8, 4) is 11.6 Å². The molecule has 94 valence electrons. The third-order valence-electron chi connectivity index (χ3n) is 2.71. The van der Waals surface area contributed by atoms with E-state index in [1.165, 1.54) is 11.1 Å². The van der Waals surface area contributed by atoms with Crippen LogP contribution in [-0.2, 0) is 5.88 Å². The molecule has 2 nitrogen and oxygen atoms in total. The molecule has 0 fully saturated rings. The number of aryl methyl sites for hydroxylation is 2. The minimum absolute atomic E-state index is 0.386. The lowest BCUT2D eigenvalue weighted by Gasteiger charge is -2.09. The standard InChI is InChI=1S/C14H13Cl2NO/c1-9-3-4-12(5-10(9)2)18-14-13(16)6-11(7-15)8-17-14/h3-6,8H,7H2,1-2H3. The summed E-state index contributed by atoms with van der Waals surface area (Å²) in [7, 11) is 0. The molecule has 0 aliphatic heterocycles. The molecule has 0 aliphatic carbocycles. The van der Waals surface area contributed by atoms with Crippen molar-refractivity contribution >= 4 is 23.2 Å². The Hall–Kier alpha value is -1.25. The fourth-order valence-corrected chi connectivity index (χ4v) is 1.88. The van der Waals surface area contributed by atoms with E-state index < -0.39 is 0 Å². The molecule has 0 saturated heterocycles. The minimum Gasteiger partial charge on any atom is -0.438 e. The first-order valence-corrected chi connectivity index (χ1v) is 6.47.